The van der Waals surface area contributed by atoms with E-state index in [0.717, 1.165) is 45.1 Å². The monoisotopic (exact) mass is 440 g/mol. The summed E-state index contributed by atoms with van der Waals surface area (Å²) in [6.07, 6.45) is 0. The molecule has 3 aromatic carbocycles. The molecule has 4 aromatic rings. The fraction of sp³-hybridized carbons (Fsp3) is 0.0909. The third-order valence-corrected chi connectivity index (χ3v) is 7.15. The number of amides is 1. The van der Waals surface area contributed by atoms with Crippen molar-refractivity contribution in [2.24, 2.45) is 0 Å². The van der Waals surface area contributed by atoms with Gasteiger partial charge in [-0.25, -0.2) is 17.8 Å². The molecule has 0 spiro atoms. The molecule has 0 bridgehead atoms. The number of nitrogens with zero attached hydrogens (tertiary/aromatic N) is 1. The highest BCUT2D eigenvalue weighted by Crippen LogP contribution is 2.31. The van der Waals surface area contributed by atoms with Crippen LogP contribution in [0.25, 0.3) is 20.8 Å². The van der Waals surface area contributed by atoms with E-state index in [1.165, 1.54) is 5.56 Å². The molecule has 4 rings (SSSR count). The molecule has 1 aromatic heterocycles. The van der Waals surface area contributed by atoms with Crippen molar-refractivity contribution in [3.63, 3.8) is 0 Å². The van der Waals surface area contributed by atoms with Gasteiger partial charge in [0.15, 0.2) is 9.84 Å². The van der Waals surface area contributed by atoms with Gasteiger partial charge >= 0.3 is 0 Å². The first-order chi connectivity index (χ1) is 14.3. The van der Waals surface area contributed by atoms with E-state index in [1.54, 1.807) is 23.5 Å². The minimum Gasteiger partial charge on any atom is -0.325 e. The molecule has 0 aliphatic carbocycles. The molecule has 1 N–H and O–H groups in total. The molecule has 8 heteroatoms. The number of halogens is 1. The largest absolute Gasteiger partial charge is 0.325 e. The van der Waals surface area contributed by atoms with Gasteiger partial charge in [0.1, 0.15) is 16.6 Å². The van der Waals surface area contributed by atoms with Crippen LogP contribution in [0.4, 0.5) is 10.1 Å². The van der Waals surface area contributed by atoms with Crippen LogP contribution in [0, 0.1) is 12.7 Å². The number of hydrogen-bond donors (Lipinski definition) is 1. The second-order valence-electron chi connectivity index (χ2n) is 6.83. The minimum absolute atomic E-state index is 0.0968. The molecular weight excluding hydrogens is 423 g/mol. The predicted molar refractivity (Wildman–Crippen MR) is 117 cm³/mol. The molecule has 0 aliphatic rings. The van der Waals surface area contributed by atoms with Crippen LogP contribution in [-0.4, -0.2) is 25.1 Å². The molecule has 0 atom stereocenters. The number of aromatic nitrogens is 1. The van der Waals surface area contributed by atoms with Gasteiger partial charge in [-0.1, -0.05) is 6.07 Å². The highest BCUT2D eigenvalue weighted by atomic mass is 32.2. The molecule has 0 aliphatic heterocycles. The van der Waals surface area contributed by atoms with Crippen LogP contribution in [0.3, 0.4) is 0 Å². The summed E-state index contributed by atoms with van der Waals surface area (Å²) in [5.74, 6) is -1.93. The zero-order chi connectivity index (χ0) is 21.3. The molecule has 0 fully saturated rings. The third kappa shape index (κ3) is 4.39. The Hall–Kier alpha value is -3.10. The third-order valence-electron chi connectivity index (χ3n) is 4.45. The van der Waals surface area contributed by atoms with Crippen LogP contribution in [-0.2, 0) is 14.6 Å². The number of benzene rings is 3. The predicted octanol–water partition coefficient (Wildman–Crippen LogP) is 4.82. The molecule has 30 heavy (non-hydrogen) atoms. The van der Waals surface area contributed by atoms with Crippen molar-refractivity contribution in [2.75, 3.05) is 11.1 Å². The van der Waals surface area contributed by atoms with Crippen LogP contribution in [0.15, 0.2) is 71.6 Å². The van der Waals surface area contributed by atoms with E-state index in [4.69, 9.17) is 0 Å². The van der Waals surface area contributed by atoms with E-state index in [-0.39, 0.29) is 4.90 Å². The summed E-state index contributed by atoms with van der Waals surface area (Å²) in [4.78, 5) is 16.7. The minimum atomic E-state index is -3.85. The van der Waals surface area contributed by atoms with E-state index >= 15 is 0 Å². The van der Waals surface area contributed by atoms with Crippen LogP contribution in [0.2, 0.25) is 0 Å². The van der Waals surface area contributed by atoms with Crippen molar-refractivity contribution in [3.05, 3.63) is 78.1 Å². The Balaban J connectivity index is 1.46. The first-order valence-corrected chi connectivity index (χ1v) is 11.5. The Morgan fingerprint density at radius 1 is 1.03 bits per heavy atom. The molecule has 0 radical (unpaired) electrons. The molecule has 0 saturated carbocycles. The van der Waals surface area contributed by atoms with Gasteiger partial charge in [-0.2, -0.15) is 0 Å². The summed E-state index contributed by atoms with van der Waals surface area (Å²) in [6, 6.07) is 17.5. The lowest BCUT2D eigenvalue weighted by Crippen LogP contribution is -2.23. The Morgan fingerprint density at radius 2 is 1.73 bits per heavy atom. The average molecular weight is 441 g/mol. The van der Waals surface area contributed by atoms with Gasteiger partial charge < -0.3 is 5.32 Å². The SMILES string of the molecule is Cc1ccc2nc(-c3ccc(NC(=O)CS(=O)(=O)c4ccc(F)cc4)cc3)sc2c1. The zero-order valence-corrected chi connectivity index (χ0v) is 17.6. The normalized spacial score (nSPS) is 11.5. The second-order valence-corrected chi connectivity index (χ2v) is 9.85. The highest BCUT2D eigenvalue weighted by molar-refractivity contribution is 7.92. The summed E-state index contributed by atoms with van der Waals surface area (Å²) in [7, 11) is -3.85. The summed E-state index contributed by atoms with van der Waals surface area (Å²) in [5, 5.41) is 3.45. The first-order valence-electron chi connectivity index (χ1n) is 9.06. The quantitative estimate of drug-likeness (QED) is 0.451. The number of aryl methyl sites for hydroxylation is 1. The van der Waals surface area contributed by atoms with Crippen LogP contribution in [0.5, 0.6) is 0 Å². The van der Waals surface area contributed by atoms with E-state index in [1.807, 2.05) is 31.2 Å². The molecular formula is C22H17FN2O3S2. The maximum absolute atomic E-state index is 13.0. The molecule has 1 heterocycles. The number of carbonyl (C=O) groups excluding carboxylic acids is 1. The van der Waals surface area contributed by atoms with Gasteiger partial charge in [0.05, 0.1) is 15.1 Å². The van der Waals surface area contributed by atoms with E-state index in [2.05, 4.69) is 16.4 Å². The number of anilines is 1. The van der Waals surface area contributed by atoms with E-state index in [9.17, 15) is 17.6 Å². The zero-order valence-electron chi connectivity index (χ0n) is 15.9. The molecule has 0 saturated heterocycles. The van der Waals surface area contributed by atoms with Crippen LogP contribution < -0.4 is 5.32 Å². The van der Waals surface area contributed by atoms with Crippen molar-refractivity contribution in [2.45, 2.75) is 11.8 Å². The second kappa shape index (κ2) is 7.97. The van der Waals surface area contributed by atoms with Gasteiger partial charge in [0.25, 0.3) is 0 Å². The van der Waals surface area contributed by atoms with Gasteiger partial charge in [0.2, 0.25) is 5.91 Å². The average Bonchev–Trinajstić information content (AvgIpc) is 3.11. The number of nitrogens with one attached hydrogen (secondary N) is 1. The van der Waals surface area contributed by atoms with Gasteiger partial charge in [-0.05, 0) is 73.2 Å². The number of fused-ring (bicyclic) bond motifs is 1. The van der Waals surface area contributed by atoms with Gasteiger partial charge in [0, 0.05) is 11.3 Å². The van der Waals surface area contributed by atoms with Gasteiger partial charge in [-0.3, -0.25) is 4.79 Å². The number of thiazole rings is 1. The first kappa shape index (κ1) is 20.2. The van der Waals surface area contributed by atoms with Crippen LogP contribution in [0.1, 0.15) is 5.56 Å². The molecule has 1 amide bonds. The number of sulfone groups is 1. The fourth-order valence-electron chi connectivity index (χ4n) is 2.95. The number of hydrogen-bond acceptors (Lipinski definition) is 5. The lowest BCUT2D eigenvalue weighted by atomic mass is 10.2. The van der Waals surface area contributed by atoms with E-state index in [0.29, 0.717) is 5.69 Å². The maximum Gasteiger partial charge on any atom is 0.239 e. The summed E-state index contributed by atoms with van der Waals surface area (Å²) >= 11 is 1.59. The van der Waals surface area contributed by atoms with Crippen LogP contribution >= 0.6 is 11.3 Å². The van der Waals surface area contributed by atoms with E-state index < -0.39 is 27.3 Å². The Bertz CT molecular complexity index is 1330. The highest BCUT2D eigenvalue weighted by Gasteiger charge is 2.19. The smallest absolute Gasteiger partial charge is 0.239 e. The van der Waals surface area contributed by atoms with Gasteiger partial charge in [-0.15, -0.1) is 11.3 Å². The summed E-state index contributed by atoms with van der Waals surface area (Å²) in [5.41, 5.74) is 3.50. The van der Waals surface area contributed by atoms with Crippen molar-refractivity contribution in [1.82, 2.24) is 4.98 Å². The van der Waals surface area contributed by atoms with Crippen molar-refractivity contribution in [3.8, 4) is 10.6 Å². The Morgan fingerprint density at radius 3 is 2.43 bits per heavy atom. The topological polar surface area (TPSA) is 76.1 Å². The Kier molecular flexibility index (Phi) is 5.36. The number of rotatable bonds is 5. The summed E-state index contributed by atoms with van der Waals surface area (Å²) in [6.45, 7) is 2.03. The standard InChI is InChI=1S/C22H17FN2O3S2/c1-14-2-11-19-20(12-14)29-22(25-19)15-3-7-17(8-4-15)24-21(26)13-30(27,28)18-9-5-16(23)6-10-18/h2-12H,13H2,1H3,(H,24,26). The summed E-state index contributed by atoms with van der Waals surface area (Å²) < 4.78 is 38.7. The maximum atomic E-state index is 13.0. The van der Waals surface area contributed by atoms with Crippen molar-refractivity contribution in [1.29, 1.82) is 0 Å². The number of carbonyl (C=O) groups is 1. The van der Waals surface area contributed by atoms with Crippen molar-refractivity contribution >= 4 is 43.0 Å². The molecule has 152 valence electrons. The lowest BCUT2D eigenvalue weighted by Gasteiger charge is -2.07. The lowest BCUT2D eigenvalue weighted by molar-refractivity contribution is -0.113. The van der Waals surface area contributed by atoms with Crippen molar-refractivity contribution < 1.29 is 17.6 Å². The fourth-order valence-corrected chi connectivity index (χ4v) is 5.15. The molecule has 5 nitrogen and oxygen atoms in total. The Labute approximate surface area is 177 Å². The molecule has 0 unspecified atom stereocenters.